The first kappa shape index (κ1) is 18.2. The summed E-state index contributed by atoms with van der Waals surface area (Å²) in [6, 6.07) is 0.170. The fraction of sp³-hybridized carbons (Fsp3) is 0.833. The van der Waals surface area contributed by atoms with E-state index in [1.54, 1.807) is 7.05 Å². The van der Waals surface area contributed by atoms with Gasteiger partial charge in [-0.25, -0.2) is 9.67 Å². The van der Waals surface area contributed by atoms with Crippen molar-refractivity contribution in [3.05, 3.63) is 11.6 Å². The molecule has 0 bridgehead atoms. The van der Waals surface area contributed by atoms with Crippen molar-refractivity contribution in [3.8, 4) is 0 Å². The molecule has 7 heteroatoms. The number of hydrogen-bond donors (Lipinski definition) is 2. The van der Waals surface area contributed by atoms with E-state index in [1.165, 1.54) is 38.5 Å². The molecule has 140 valence electrons. The van der Waals surface area contributed by atoms with Crippen LogP contribution in [0.4, 0.5) is 0 Å². The predicted octanol–water partition coefficient (Wildman–Crippen LogP) is 2.33. The molecule has 0 spiro atoms. The summed E-state index contributed by atoms with van der Waals surface area (Å²) < 4.78 is 8.05. The van der Waals surface area contributed by atoms with Crippen molar-refractivity contribution in [2.45, 2.75) is 77.0 Å². The zero-order valence-corrected chi connectivity index (χ0v) is 15.6. The molecule has 1 saturated carbocycles. The number of aliphatic imine (C=N–C) groups is 1. The van der Waals surface area contributed by atoms with E-state index in [2.05, 4.69) is 25.7 Å². The maximum Gasteiger partial charge on any atom is 0.191 e. The van der Waals surface area contributed by atoms with Gasteiger partial charge in [0, 0.05) is 20.1 Å². The lowest BCUT2D eigenvalue weighted by Crippen LogP contribution is -2.42. The van der Waals surface area contributed by atoms with Crippen LogP contribution in [0.15, 0.2) is 4.99 Å². The van der Waals surface area contributed by atoms with E-state index in [1.807, 2.05) is 11.6 Å². The van der Waals surface area contributed by atoms with Gasteiger partial charge < -0.3 is 15.4 Å². The van der Waals surface area contributed by atoms with Gasteiger partial charge >= 0.3 is 0 Å². The van der Waals surface area contributed by atoms with E-state index in [4.69, 9.17) is 4.74 Å². The van der Waals surface area contributed by atoms with Gasteiger partial charge in [-0.1, -0.05) is 25.7 Å². The van der Waals surface area contributed by atoms with E-state index < -0.39 is 0 Å². The number of hydrogen-bond acceptors (Lipinski definition) is 4. The maximum atomic E-state index is 6.04. The Kier molecular flexibility index (Phi) is 6.67. The van der Waals surface area contributed by atoms with Gasteiger partial charge in [-0.15, -0.1) is 0 Å². The average Bonchev–Trinajstić information content (AvgIpc) is 2.82. The van der Waals surface area contributed by atoms with Gasteiger partial charge in [-0.3, -0.25) is 4.99 Å². The van der Waals surface area contributed by atoms with Crippen LogP contribution < -0.4 is 10.6 Å². The summed E-state index contributed by atoms with van der Waals surface area (Å²) in [5.74, 6) is 2.66. The molecule has 0 radical (unpaired) electrons. The highest BCUT2D eigenvalue weighted by Crippen LogP contribution is 2.22. The van der Waals surface area contributed by atoms with Crippen molar-refractivity contribution < 1.29 is 4.74 Å². The van der Waals surface area contributed by atoms with Crippen molar-refractivity contribution in [2.75, 3.05) is 20.2 Å². The fourth-order valence-electron chi connectivity index (χ4n) is 3.77. The summed E-state index contributed by atoms with van der Waals surface area (Å²) in [7, 11) is 1.81. The van der Waals surface area contributed by atoms with Gasteiger partial charge in [0.05, 0.1) is 18.8 Å². The Labute approximate surface area is 150 Å². The highest BCUT2D eigenvalue weighted by molar-refractivity contribution is 5.80. The van der Waals surface area contributed by atoms with E-state index in [9.17, 15) is 0 Å². The lowest BCUT2D eigenvalue weighted by Gasteiger charge is -2.25. The molecule has 2 heterocycles. The second-order valence-corrected chi connectivity index (χ2v) is 7.06. The molecule has 0 amide bonds. The molecule has 1 atom stereocenters. The Balaban J connectivity index is 1.42. The van der Waals surface area contributed by atoms with Gasteiger partial charge in [-0.05, 0) is 32.6 Å². The van der Waals surface area contributed by atoms with Crippen molar-refractivity contribution in [1.82, 2.24) is 25.4 Å². The molecule has 0 saturated heterocycles. The third kappa shape index (κ3) is 5.17. The van der Waals surface area contributed by atoms with E-state index in [0.29, 0.717) is 6.10 Å². The third-order valence-corrected chi connectivity index (χ3v) is 5.07. The summed E-state index contributed by atoms with van der Waals surface area (Å²) in [5, 5.41) is 11.3. The largest absolute Gasteiger partial charge is 0.376 e. The van der Waals surface area contributed by atoms with Crippen LogP contribution in [0.5, 0.6) is 0 Å². The molecule has 1 aliphatic carbocycles. The van der Waals surface area contributed by atoms with Crippen LogP contribution in [-0.4, -0.2) is 47.0 Å². The molecule has 1 unspecified atom stereocenters. The quantitative estimate of drug-likeness (QED) is 0.370. The maximum absolute atomic E-state index is 6.04. The Morgan fingerprint density at radius 1 is 1.20 bits per heavy atom. The predicted molar refractivity (Wildman–Crippen MR) is 98.7 cm³/mol. The highest BCUT2D eigenvalue weighted by atomic mass is 16.5. The van der Waals surface area contributed by atoms with Crippen LogP contribution in [0.25, 0.3) is 0 Å². The lowest BCUT2D eigenvalue weighted by atomic mass is 10.1. The second-order valence-electron chi connectivity index (χ2n) is 7.06. The molecular weight excluding hydrogens is 316 g/mol. The van der Waals surface area contributed by atoms with Crippen molar-refractivity contribution >= 4 is 5.96 Å². The molecule has 1 aromatic heterocycles. The Morgan fingerprint density at radius 2 is 2.00 bits per heavy atom. The minimum absolute atomic E-state index is 0.170. The van der Waals surface area contributed by atoms with Crippen LogP contribution in [-0.2, 0) is 11.3 Å². The number of rotatable bonds is 5. The van der Waals surface area contributed by atoms with E-state index in [-0.39, 0.29) is 6.04 Å². The first-order valence-corrected chi connectivity index (χ1v) is 9.76. The van der Waals surface area contributed by atoms with Gasteiger partial charge in [0.2, 0.25) is 0 Å². The third-order valence-electron chi connectivity index (χ3n) is 5.07. The summed E-state index contributed by atoms with van der Waals surface area (Å²) in [6.07, 6.45) is 10.4. The number of fused-ring (bicyclic) bond motifs is 1. The molecule has 1 aliphatic heterocycles. The van der Waals surface area contributed by atoms with Gasteiger partial charge in [0.25, 0.3) is 0 Å². The summed E-state index contributed by atoms with van der Waals surface area (Å²) >= 11 is 0. The molecular formula is C18H32N6O. The van der Waals surface area contributed by atoms with Crippen LogP contribution in [0.1, 0.15) is 69.1 Å². The van der Waals surface area contributed by atoms with Crippen LogP contribution in [0, 0.1) is 6.92 Å². The minimum atomic E-state index is 0.170. The van der Waals surface area contributed by atoms with E-state index in [0.717, 1.165) is 50.1 Å². The van der Waals surface area contributed by atoms with Crippen LogP contribution in [0.3, 0.4) is 0 Å². The van der Waals surface area contributed by atoms with Gasteiger partial charge in [0.15, 0.2) is 5.96 Å². The molecule has 1 fully saturated rings. The minimum Gasteiger partial charge on any atom is -0.376 e. The molecule has 7 nitrogen and oxygen atoms in total. The second kappa shape index (κ2) is 9.17. The SMILES string of the molecule is CN=C(NCCOC1CCCCCC1)NC1CCCn2nc(C)nc21. The normalized spacial score (nSPS) is 22.3. The number of aryl methyl sites for hydroxylation is 2. The number of nitrogens with zero attached hydrogens (tertiary/aromatic N) is 4. The van der Waals surface area contributed by atoms with Crippen molar-refractivity contribution in [3.63, 3.8) is 0 Å². The standard InChI is InChI=1S/C18H32N6O/c1-14-21-17-16(10-7-12-24(17)23-14)22-18(19-2)20-11-13-25-15-8-5-3-4-6-9-15/h15-16H,3-13H2,1-2H3,(H2,19,20,22). The summed E-state index contributed by atoms with van der Waals surface area (Å²) in [5.41, 5.74) is 0. The molecule has 3 rings (SSSR count). The molecule has 25 heavy (non-hydrogen) atoms. The first-order valence-electron chi connectivity index (χ1n) is 9.76. The van der Waals surface area contributed by atoms with Crippen LogP contribution in [0.2, 0.25) is 0 Å². The smallest absolute Gasteiger partial charge is 0.191 e. The number of nitrogens with one attached hydrogen (secondary N) is 2. The van der Waals surface area contributed by atoms with Gasteiger partial charge in [0.1, 0.15) is 11.6 Å². The highest BCUT2D eigenvalue weighted by Gasteiger charge is 2.24. The Bertz CT molecular complexity index is 562. The van der Waals surface area contributed by atoms with Crippen molar-refractivity contribution in [2.24, 2.45) is 4.99 Å². The van der Waals surface area contributed by atoms with E-state index >= 15 is 0 Å². The zero-order valence-electron chi connectivity index (χ0n) is 15.6. The van der Waals surface area contributed by atoms with Crippen LogP contribution >= 0.6 is 0 Å². The zero-order chi connectivity index (χ0) is 17.5. The lowest BCUT2D eigenvalue weighted by molar-refractivity contribution is 0.0468. The first-order chi connectivity index (χ1) is 12.3. The number of ether oxygens (including phenoxy) is 1. The summed E-state index contributed by atoms with van der Waals surface area (Å²) in [6.45, 7) is 4.40. The topological polar surface area (TPSA) is 76.4 Å². The fourth-order valence-corrected chi connectivity index (χ4v) is 3.77. The molecule has 2 aliphatic rings. The summed E-state index contributed by atoms with van der Waals surface area (Å²) in [4.78, 5) is 8.91. The Hall–Kier alpha value is -1.63. The van der Waals surface area contributed by atoms with Gasteiger partial charge in [-0.2, -0.15) is 5.10 Å². The average molecular weight is 348 g/mol. The van der Waals surface area contributed by atoms with Crippen molar-refractivity contribution in [1.29, 1.82) is 0 Å². The molecule has 1 aromatic rings. The Morgan fingerprint density at radius 3 is 2.76 bits per heavy atom. The molecule has 0 aromatic carbocycles. The number of aromatic nitrogens is 3. The number of guanidine groups is 1. The molecule has 2 N–H and O–H groups in total. The monoisotopic (exact) mass is 348 g/mol.